The maximum Gasteiger partial charge on any atom is 0.205 e. The average Bonchev–Trinajstić information content (AvgIpc) is 2.71. The fraction of sp³-hybridized carbons (Fsp3) is 0.409. The van der Waals surface area contributed by atoms with Crippen LogP contribution in [0.15, 0.2) is 36.5 Å². The lowest BCUT2D eigenvalue weighted by Crippen LogP contribution is -2.36. The van der Waals surface area contributed by atoms with Crippen molar-refractivity contribution >= 4 is 12.2 Å². The Morgan fingerprint density at radius 2 is 1.59 bits per heavy atom. The fourth-order valence-corrected chi connectivity index (χ4v) is 3.00. The summed E-state index contributed by atoms with van der Waals surface area (Å²) in [5.41, 5.74) is 7.71. The van der Waals surface area contributed by atoms with E-state index >= 15 is 0 Å². The van der Waals surface area contributed by atoms with Gasteiger partial charge in [-0.2, -0.15) is 4.57 Å². The highest BCUT2D eigenvalue weighted by Gasteiger charge is 2.12. The summed E-state index contributed by atoms with van der Waals surface area (Å²) < 4.78 is 18.5. The molecule has 0 unspecified atom stereocenters. The number of unbranched alkanes of at least 4 members (excludes halogenated alkanes) is 3. The summed E-state index contributed by atoms with van der Waals surface area (Å²) in [5, 5.41) is 0. The van der Waals surface area contributed by atoms with Crippen LogP contribution in [-0.4, -0.2) is 27.9 Å². The monoisotopic (exact) mass is 371 g/mol. The van der Waals surface area contributed by atoms with Crippen molar-refractivity contribution in [2.45, 2.75) is 32.2 Å². The van der Waals surface area contributed by atoms with E-state index in [4.69, 9.17) is 19.9 Å². The van der Waals surface area contributed by atoms with Gasteiger partial charge in [0.25, 0.3) is 0 Å². The van der Waals surface area contributed by atoms with E-state index in [2.05, 4.69) is 41.1 Å². The highest BCUT2D eigenvalue weighted by molar-refractivity contribution is 5.70. The first-order chi connectivity index (χ1) is 13.2. The number of pyridine rings is 1. The van der Waals surface area contributed by atoms with Crippen molar-refractivity contribution in [2.75, 3.05) is 27.9 Å². The number of hydrogen-bond donors (Lipinski definition) is 1. The lowest BCUT2D eigenvalue weighted by molar-refractivity contribution is -0.699. The number of aryl methyl sites for hydroxylation is 1. The van der Waals surface area contributed by atoms with E-state index in [0.29, 0.717) is 17.2 Å². The van der Waals surface area contributed by atoms with Gasteiger partial charge in [0.15, 0.2) is 17.7 Å². The third-order valence-corrected chi connectivity index (χ3v) is 4.46. The molecule has 2 rings (SSSR count). The Labute approximate surface area is 162 Å². The van der Waals surface area contributed by atoms with Crippen molar-refractivity contribution in [3.8, 4) is 17.2 Å². The Morgan fingerprint density at radius 1 is 0.889 bits per heavy atom. The number of ether oxygens (including phenoxy) is 3. The zero-order valence-corrected chi connectivity index (χ0v) is 16.6. The van der Waals surface area contributed by atoms with Crippen LogP contribution < -0.4 is 24.5 Å². The zero-order chi connectivity index (χ0) is 19.5. The van der Waals surface area contributed by atoms with E-state index in [1.165, 1.54) is 12.8 Å². The maximum absolute atomic E-state index is 5.56. The minimum Gasteiger partial charge on any atom is -0.493 e. The fourth-order valence-electron chi connectivity index (χ4n) is 3.00. The lowest BCUT2D eigenvalue weighted by Gasteiger charge is -2.12. The summed E-state index contributed by atoms with van der Waals surface area (Å²) in [6.45, 7) is 1.78. The first kappa shape index (κ1) is 20.8. The minimum atomic E-state index is 0.601. The molecule has 0 aliphatic rings. The molecule has 5 nitrogen and oxygen atoms in total. The lowest BCUT2D eigenvalue weighted by atomic mass is 10.1. The first-order valence-corrected chi connectivity index (χ1v) is 9.40. The van der Waals surface area contributed by atoms with Gasteiger partial charge in [-0.05, 0) is 49.2 Å². The molecule has 0 saturated carbocycles. The smallest absolute Gasteiger partial charge is 0.205 e. The Bertz CT molecular complexity index is 719. The molecule has 0 radical (unpaired) electrons. The third-order valence-electron chi connectivity index (χ3n) is 4.46. The first-order valence-electron chi connectivity index (χ1n) is 9.40. The van der Waals surface area contributed by atoms with Gasteiger partial charge in [-0.3, -0.25) is 0 Å². The van der Waals surface area contributed by atoms with Crippen LogP contribution in [0.3, 0.4) is 0 Å². The number of nitrogens with zero attached hydrogens (tertiary/aromatic N) is 1. The molecule has 0 saturated heterocycles. The molecule has 0 aliphatic carbocycles. The zero-order valence-electron chi connectivity index (χ0n) is 16.6. The van der Waals surface area contributed by atoms with Crippen LogP contribution in [0.4, 0.5) is 0 Å². The molecule has 146 valence electrons. The molecule has 2 N–H and O–H groups in total. The molecule has 0 spiro atoms. The Balaban J connectivity index is 2.16. The summed E-state index contributed by atoms with van der Waals surface area (Å²) >= 11 is 0. The van der Waals surface area contributed by atoms with E-state index in [1.54, 1.807) is 21.3 Å². The second kappa shape index (κ2) is 11.2. The average molecular weight is 372 g/mol. The number of hydrogen-bond acceptors (Lipinski definition) is 4. The number of methoxy groups -OCH3 is 3. The largest absolute Gasteiger partial charge is 0.493 e. The second-order valence-corrected chi connectivity index (χ2v) is 6.31. The molecule has 5 heteroatoms. The Kier molecular flexibility index (Phi) is 8.65. The molecule has 0 fully saturated rings. The molecule has 0 bridgehead atoms. The summed E-state index contributed by atoms with van der Waals surface area (Å²) in [7, 11) is 4.86. The van der Waals surface area contributed by atoms with Crippen molar-refractivity contribution < 1.29 is 18.8 Å². The number of benzene rings is 1. The van der Waals surface area contributed by atoms with Crippen LogP contribution in [0.1, 0.15) is 36.9 Å². The van der Waals surface area contributed by atoms with Crippen LogP contribution in [0.2, 0.25) is 0 Å². The summed E-state index contributed by atoms with van der Waals surface area (Å²) in [5.74, 6) is 1.90. The van der Waals surface area contributed by atoms with Gasteiger partial charge in [-0.1, -0.05) is 6.42 Å². The Morgan fingerprint density at radius 3 is 2.22 bits per heavy atom. The minimum absolute atomic E-state index is 0.601. The molecule has 1 aromatic carbocycles. The summed E-state index contributed by atoms with van der Waals surface area (Å²) in [6.07, 6.45) is 11.0. The van der Waals surface area contributed by atoms with Crippen molar-refractivity contribution in [2.24, 2.45) is 5.73 Å². The Hall–Kier alpha value is -2.53. The van der Waals surface area contributed by atoms with E-state index in [1.807, 2.05) is 12.1 Å². The number of aromatic nitrogens is 1. The SMILES string of the molecule is COc1cc(/C=C/c2cccc[n+]2CCCCCCN)cc(OC)c1OC. The molecule has 27 heavy (non-hydrogen) atoms. The van der Waals surface area contributed by atoms with Crippen LogP contribution in [0, 0.1) is 0 Å². The van der Waals surface area contributed by atoms with E-state index in [0.717, 1.165) is 37.2 Å². The molecule has 0 atom stereocenters. The molecule has 1 aromatic heterocycles. The second-order valence-electron chi connectivity index (χ2n) is 6.31. The molecule has 1 heterocycles. The van der Waals surface area contributed by atoms with Crippen LogP contribution in [-0.2, 0) is 6.54 Å². The van der Waals surface area contributed by atoms with E-state index in [-0.39, 0.29) is 0 Å². The highest BCUT2D eigenvalue weighted by atomic mass is 16.5. The third kappa shape index (κ3) is 6.00. The van der Waals surface area contributed by atoms with Crippen LogP contribution in [0.25, 0.3) is 12.2 Å². The molecular weight excluding hydrogens is 340 g/mol. The van der Waals surface area contributed by atoms with Crippen molar-refractivity contribution in [1.29, 1.82) is 0 Å². The van der Waals surface area contributed by atoms with Gasteiger partial charge >= 0.3 is 0 Å². The van der Waals surface area contributed by atoms with Gasteiger partial charge in [-0.25, -0.2) is 0 Å². The van der Waals surface area contributed by atoms with Crippen LogP contribution >= 0.6 is 0 Å². The topological polar surface area (TPSA) is 57.6 Å². The quantitative estimate of drug-likeness (QED) is 0.483. The van der Waals surface area contributed by atoms with E-state index < -0.39 is 0 Å². The van der Waals surface area contributed by atoms with Crippen molar-refractivity contribution in [1.82, 2.24) is 0 Å². The predicted molar refractivity (Wildman–Crippen MR) is 109 cm³/mol. The van der Waals surface area contributed by atoms with Gasteiger partial charge in [0, 0.05) is 24.6 Å². The van der Waals surface area contributed by atoms with Crippen LogP contribution in [0.5, 0.6) is 17.2 Å². The standard InChI is InChI=1S/C22H31N2O3/c1-25-20-16-18(17-21(26-2)22(20)27-3)11-12-19-10-6-9-15-24(19)14-8-5-4-7-13-23/h6,9-12,15-17H,4-5,7-8,13-14,23H2,1-3H3/q+1/b12-11+. The van der Waals surface area contributed by atoms with E-state index in [9.17, 15) is 0 Å². The molecular formula is C22H31N2O3+. The number of nitrogens with two attached hydrogens (primary N) is 1. The van der Waals surface area contributed by atoms with Crippen molar-refractivity contribution in [3.05, 3.63) is 47.8 Å². The predicted octanol–water partition coefficient (Wildman–Crippen LogP) is 3.69. The van der Waals surface area contributed by atoms with Gasteiger partial charge in [-0.15, -0.1) is 0 Å². The highest BCUT2D eigenvalue weighted by Crippen LogP contribution is 2.38. The molecule has 2 aromatic rings. The number of rotatable bonds is 11. The summed E-state index contributed by atoms with van der Waals surface area (Å²) in [4.78, 5) is 0. The van der Waals surface area contributed by atoms with Crippen molar-refractivity contribution in [3.63, 3.8) is 0 Å². The maximum atomic E-state index is 5.56. The normalized spacial score (nSPS) is 11.0. The molecule has 0 aliphatic heterocycles. The van der Waals surface area contributed by atoms with Gasteiger partial charge < -0.3 is 19.9 Å². The van der Waals surface area contributed by atoms with Gasteiger partial charge in [0.2, 0.25) is 11.4 Å². The van der Waals surface area contributed by atoms with Gasteiger partial charge in [0.1, 0.15) is 6.54 Å². The molecule has 0 amide bonds. The summed E-state index contributed by atoms with van der Waals surface area (Å²) in [6, 6.07) is 10.1. The van der Waals surface area contributed by atoms with Gasteiger partial charge in [0.05, 0.1) is 21.3 Å².